The van der Waals surface area contributed by atoms with Gasteiger partial charge in [-0.1, -0.05) is 35.9 Å². The van der Waals surface area contributed by atoms with Gasteiger partial charge in [-0.15, -0.1) is 0 Å². The van der Waals surface area contributed by atoms with Gasteiger partial charge >= 0.3 is 6.03 Å². The first kappa shape index (κ1) is 15.2. The molecule has 1 saturated heterocycles. The number of hydrogen-bond donors (Lipinski definition) is 1. The van der Waals surface area contributed by atoms with Crippen molar-refractivity contribution in [2.24, 2.45) is 0 Å². The Hall–Kier alpha value is -2.66. The molecule has 0 spiro atoms. The molecule has 0 unspecified atom stereocenters. The standard InChI is InChI=1S/C17H12ClFN2O2/c18-13-5-1-12(2-6-13)10-21-16(22)15(20-17(21)23)9-11-3-7-14(19)8-4-11/h1-9H,10H2,(H,20,23)/b15-9-. The number of urea groups is 1. The third-order valence-corrected chi connectivity index (χ3v) is 3.65. The van der Waals surface area contributed by atoms with Crippen LogP contribution in [-0.4, -0.2) is 16.8 Å². The minimum atomic E-state index is -0.488. The number of hydrogen-bond acceptors (Lipinski definition) is 2. The van der Waals surface area contributed by atoms with E-state index in [1.165, 1.54) is 30.3 Å². The minimum Gasteiger partial charge on any atom is -0.303 e. The molecule has 1 fully saturated rings. The van der Waals surface area contributed by atoms with Gasteiger partial charge in [-0.05, 0) is 41.5 Å². The lowest BCUT2D eigenvalue weighted by Gasteiger charge is -2.11. The highest BCUT2D eigenvalue weighted by Gasteiger charge is 2.33. The minimum absolute atomic E-state index is 0.155. The maximum atomic E-state index is 12.9. The lowest BCUT2D eigenvalue weighted by atomic mass is 10.2. The van der Waals surface area contributed by atoms with Gasteiger partial charge in [0.25, 0.3) is 5.91 Å². The summed E-state index contributed by atoms with van der Waals surface area (Å²) in [6.45, 7) is 0.155. The Morgan fingerprint density at radius 2 is 1.70 bits per heavy atom. The fourth-order valence-corrected chi connectivity index (χ4v) is 2.34. The van der Waals surface area contributed by atoms with Crippen LogP contribution in [0.4, 0.5) is 9.18 Å². The molecule has 0 radical (unpaired) electrons. The number of nitrogens with zero attached hydrogens (tertiary/aromatic N) is 1. The highest BCUT2D eigenvalue weighted by Crippen LogP contribution is 2.18. The molecule has 0 aliphatic carbocycles. The van der Waals surface area contributed by atoms with Gasteiger partial charge in [-0.3, -0.25) is 9.69 Å². The summed E-state index contributed by atoms with van der Waals surface area (Å²) in [7, 11) is 0. The second kappa shape index (κ2) is 6.22. The molecule has 0 aromatic heterocycles. The SMILES string of the molecule is O=C1N/C(=C\c2ccc(F)cc2)C(=O)N1Cc1ccc(Cl)cc1. The summed E-state index contributed by atoms with van der Waals surface area (Å²) in [5.74, 6) is -0.785. The van der Waals surface area contributed by atoms with Gasteiger partial charge in [0.1, 0.15) is 11.5 Å². The van der Waals surface area contributed by atoms with Crippen LogP contribution in [0.3, 0.4) is 0 Å². The summed E-state index contributed by atoms with van der Waals surface area (Å²) in [6, 6.07) is 12.1. The average Bonchev–Trinajstić information content (AvgIpc) is 2.79. The maximum absolute atomic E-state index is 12.9. The normalized spacial score (nSPS) is 16.1. The molecule has 2 aromatic rings. The van der Waals surface area contributed by atoms with Crippen LogP contribution in [0.5, 0.6) is 0 Å². The zero-order valence-corrected chi connectivity index (χ0v) is 12.7. The number of carbonyl (C=O) groups is 2. The van der Waals surface area contributed by atoms with Crippen LogP contribution < -0.4 is 5.32 Å². The van der Waals surface area contributed by atoms with Crippen molar-refractivity contribution in [3.63, 3.8) is 0 Å². The molecule has 4 nitrogen and oxygen atoms in total. The van der Waals surface area contributed by atoms with E-state index in [0.29, 0.717) is 10.6 Å². The van der Waals surface area contributed by atoms with Gasteiger partial charge < -0.3 is 5.32 Å². The molecule has 0 atom stereocenters. The summed E-state index contributed by atoms with van der Waals surface area (Å²) in [4.78, 5) is 25.4. The van der Waals surface area contributed by atoms with Gasteiger partial charge in [-0.25, -0.2) is 9.18 Å². The number of halogens is 2. The lowest BCUT2D eigenvalue weighted by Crippen LogP contribution is -2.30. The van der Waals surface area contributed by atoms with E-state index in [1.54, 1.807) is 24.3 Å². The first-order valence-corrected chi connectivity index (χ1v) is 7.25. The van der Waals surface area contributed by atoms with Crippen LogP contribution in [0.2, 0.25) is 5.02 Å². The summed E-state index contributed by atoms with van der Waals surface area (Å²) in [5, 5.41) is 3.11. The summed E-state index contributed by atoms with van der Waals surface area (Å²) >= 11 is 5.81. The van der Waals surface area contributed by atoms with Crippen LogP contribution in [0.1, 0.15) is 11.1 Å². The van der Waals surface area contributed by atoms with Gasteiger partial charge in [0.15, 0.2) is 0 Å². The van der Waals surface area contributed by atoms with Crippen LogP contribution in [0.25, 0.3) is 6.08 Å². The van der Waals surface area contributed by atoms with Gasteiger partial charge in [-0.2, -0.15) is 0 Å². The molecule has 1 N–H and O–H groups in total. The molecule has 2 aromatic carbocycles. The molecular formula is C17H12ClFN2O2. The van der Waals surface area contributed by atoms with E-state index in [2.05, 4.69) is 5.32 Å². The summed E-state index contributed by atoms with van der Waals surface area (Å²) in [6.07, 6.45) is 1.52. The van der Waals surface area contributed by atoms with E-state index in [1.807, 2.05) is 0 Å². The molecule has 1 aliphatic rings. The van der Waals surface area contributed by atoms with E-state index >= 15 is 0 Å². The zero-order valence-electron chi connectivity index (χ0n) is 11.9. The summed E-state index contributed by atoms with van der Waals surface area (Å²) in [5.41, 5.74) is 1.58. The van der Waals surface area contributed by atoms with E-state index < -0.39 is 11.9 Å². The number of imide groups is 1. The second-order valence-electron chi connectivity index (χ2n) is 5.06. The molecule has 3 amide bonds. The number of carbonyl (C=O) groups excluding carboxylic acids is 2. The smallest absolute Gasteiger partial charge is 0.303 e. The molecule has 0 saturated carbocycles. The molecule has 0 bridgehead atoms. The Labute approximate surface area is 137 Å². The number of nitrogens with one attached hydrogen (secondary N) is 1. The van der Waals surface area contributed by atoms with Crippen molar-refractivity contribution < 1.29 is 14.0 Å². The Bertz CT molecular complexity index is 785. The predicted molar refractivity (Wildman–Crippen MR) is 84.9 cm³/mol. The Morgan fingerprint density at radius 3 is 2.35 bits per heavy atom. The third kappa shape index (κ3) is 3.40. The molecule has 6 heteroatoms. The monoisotopic (exact) mass is 330 g/mol. The highest BCUT2D eigenvalue weighted by molar-refractivity contribution is 6.30. The van der Waals surface area contributed by atoms with Crippen LogP contribution in [-0.2, 0) is 11.3 Å². The average molecular weight is 331 g/mol. The van der Waals surface area contributed by atoms with Crippen molar-refractivity contribution in [2.45, 2.75) is 6.54 Å². The molecule has 1 heterocycles. The third-order valence-electron chi connectivity index (χ3n) is 3.40. The molecule has 3 rings (SSSR count). The topological polar surface area (TPSA) is 49.4 Å². The summed E-state index contributed by atoms with van der Waals surface area (Å²) < 4.78 is 12.9. The molecule has 116 valence electrons. The lowest BCUT2D eigenvalue weighted by molar-refractivity contribution is -0.123. The Kier molecular flexibility index (Phi) is 4.12. The first-order chi connectivity index (χ1) is 11.0. The molecular weight excluding hydrogens is 319 g/mol. The van der Waals surface area contributed by atoms with E-state index in [-0.39, 0.29) is 18.1 Å². The van der Waals surface area contributed by atoms with E-state index in [0.717, 1.165) is 10.5 Å². The fraction of sp³-hybridized carbons (Fsp3) is 0.0588. The van der Waals surface area contributed by atoms with Crippen molar-refractivity contribution in [1.29, 1.82) is 0 Å². The van der Waals surface area contributed by atoms with Crippen molar-refractivity contribution in [3.05, 3.63) is 76.2 Å². The highest BCUT2D eigenvalue weighted by atomic mass is 35.5. The van der Waals surface area contributed by atoms with Crippen LogP contribution in [0.15, 0.2) is 54.2 Å². The second-order valence-corrected chi connectivity index (χ2v) is 5.49. The first-order valence-electron chi connectivity index (χ1n) is 6.87. The molecule has 23 heavy (non-hydrogen) atoms. The van der Waals surface area contributed by atoms with Gasteiger partial charge in [0, 0.05) is 5.02 Å². The van der Waals surface area contributed by atoms with Crippen molar-refractivity contribution >= 4 is 29.6 Å². The van der Waals surface area contributed by atoms with E-state index in [9.17, 15) is 14.0 Å². The number of amides is 3. The largest absolute Gasteiger partial charge is 0.329 e. The van der Waals surface area contributed by atoms with Crippen molar-refractivity contribution in [3.8, 4) is 0 Å². The van der Waals surface area contributed by atoms with Crippen molar-refractivity contribution in [1.82, 2.24) is 10.2 Å². The quantitative estimate of drug-likeness (QED) is 0.691. The Morgan fingerprint density at radius 1 is 1.04 bits per heavy atom. The van der Waals surface area contributed by atoms with Crippen LogP contribution in [0, 0.1) is 5.82 Å². The van der Waals surface area contributed by atoms with Gasteiger partial charge in [0.05, 0.1) is 6.54 Å². The molecule has 1 aliphatic heterocycles. The predicted octanol–water partition coefficient (Wildman–Crippen LogP) is 3.57. The Balaban J connectivity index is 1.79. The zero-order chi connectivity index (χ0) is 16.4. The van der Waals surface area contributed by atoms with E-state index in [4.69, 9.17) is 11.6 Å². The van der Waals surface area contributed by atoms with Gasteiger partial charge in [0.2, 0.25) is 0 Å². The number of benzene rings is 2. The van der Waals surface area contributed by atoms with Crippen LogP contribution >= 0.6 is 11.6 Å². The van der Waals surface area contributed by atoms with Crippen molar-refractivity contribution in [2.75, 3.05) is 0 Å². The fourth-order valence-electron chi connectivity index (χ4n) is 2.21. The number of rotatable bonds is 3. The maximum Gasteiger partial charge on any atom is 0.329 e.